The van der Waals surface area contributed by atoms with Crippen molar-refractivity contribution in [2.75, 3.05) is 7.11 Å². The summed E-state index contributed by atoms with van der Waals surface area (Å²) in [6.07, 6.45) is 1.90. The second-order valence-electron chi connectivity index (χ2n) is 7.35. The lowest BCUT2D eigenvalue weighted by Crippen LogP contribution is -2.38. The van der Waals surface area contributed by atoms with Crippen molar-refractivity contribution in [1.82, 2.24) is 0 Å². The Kier molecular flexibility index (Phi) is 4.74. The second kappa shape index (κ2) is 6.23. The van der Waals surface area contributed by atoms with E-state index in [4.69, 9.17) is 4.74 Å². The minimum Gasteiger partial charge on any atom is -0.497 e. The van der Waals surface area contributed by atoms with Crippen molar-refractivity contribution < 1.29 is 14.3 Å². The first-order chi connectivity index (χ1) is 10.3. The van der Waals surface area contributed by atoms with E-state index in [-0.39, 0.29) is 17.0 Å². The molecule has 1 aromatic carbocycles. The van der Waals surface area contributed by atoms with E-state index in [9.17, 15) is 9.59 Å². The molecule has 2 rings (SSSR count). The predicted octanol–water partition coefficient (Wildman–Crippen LogP) is 4.07. The third kappa shape index (κ3) is 3.40. The number of ether oxygens (including phenoxy) is 1. The van der Waals surface area contributed by atoms with Crippen molar-refractivity contribution in [3.05, 3.63) is 29.3 Å². The van der Waals surface area contributed by atoms with E-state index < -0.39 is 5.92 Å². The normalized spacial score (nSPS) is 25.6. The number of carbonyl (C=O) groups is 2. The fourth-order valence-corrected chi connectivity index (χ4v) is 3.86. The van der Waals surface area contributed by atoms with Gasteiger partial charge in [-0.1, -0.05) is 26.8 Å². The summed E-state index contributed by atoms with van der Waals surface area (Å²) >= 11 is 0. The number of Topliss-reactive ketones (excluding diaryl/α,β-unsaturated/α-hetero) is 2. The van der Waals surface area contributed by atoms with E-state index in [0.29, 0.717) is 18.8 Å². The monoisotopic (exact) mass is 302 g/mol. The molecule has 0 bridgehead atoms. The maximum atomic E-state index is 12.7. The van der Waals surface area contributed by atoms with Crippen molar-refractivity contribution >= 4 is 11.6 Å². The van der Waals surface area contributed by atoms with Crippen LogP contribution in [0.15, 0.2) is 18.2 Å². The number of ketones is 2. The Hall–Kier alpha value is -1.64. The Morgan fingerprint density at radius 2 is 1.82 bits per heavy atom. The smallest absolute Gasteiger partial charge is 0.148 e. The van der Waals surface area contributed by atoms with Crippen molar-refractivity contribution in [2.45, 2.75) is 52.9 Å². The van der Waals surface area contributed by atoms with Crippen LogP contribution in [0.5, 0.6) is 5.75 Å². The summed E-state index contributed by atoms with van der Waals surface area (Å²) in [5, 5.41) is 0. The van der Waals surface area contributed by atoms with Gasteiger partial charge in [0.05, 0.1) is 7.11 Å². The molecule has 0 heterocycles. The van der Waals surface area contributed by atoms with E-state index in [0.717, 1.165) is 23.3 Å². The highest BCUT2D eigenvalue weighted by atomic mass is 16.5. The van der Waals surface area contributed by atoms with Crippen LogP contribution in [-0.2, 0) is 9.59 Å². The summed E-state index contributed by atoms with van der Waals surface area (Å²) in [6.45, 7) is 8.28. The molecule has 3 heteroatoms. The molecule has 1 saturated carbocycles. The Morgan fingerprint density at radius 3 is 2.27 bits per heavy atom. The number of aryl methyl sites for hydroxylation is 1. The Labute approximate surface area is 133 Å². The van der Waals surface area contributed by atoms with Crippen LogP contribution in [0, 0.1) is 18.3 Å². The number of benzene rings is 1. The summed E-state index contributed by atoms with van der Waals surface area (Å²) in [6, 6.07) is 5.57. The van der Waals surface area contributed by atoms with Gasteiger partial charge in [0, 0.05) is 12.8 Å². The molecule has 1 fully saturated rings. The Bertz CT molecular complexity index is 568. The van der Waals surface area contributed by atoms with Gasteiger partial charge in [-0.3, -0.25) is 9.59 Å². The van der Waals surface area contributed by atoms with Gasteiger partial charge >= 0.3 is 0 Å². The van der Waals surface area contributed by atoms with Gasteiger partial charge in [0.1, 0.15) is 23.2 Å². The van der Waals surface area contributed by atoms with Crippen LogP contribution in [0.3, 0.4) is 0 Å². The van der Waals surface area contributed by atoms with E-state index in [2.05, 4.69) is 20.8 Å². The van der Waals surface area contributed by atoms with Gasteiger partial charge in [-0.2, -0.15) is 0 Å². The maximum Gasteiger partial charge on any atom is 0.148 e. The van der Waals surface area contributed by atoms with Crippen LogP contribution < -0.4 is 4.74 Å². The highest BCUT2D eigenvalue weighted by Crippen LogP contribution is 2.43. The molecule has 0 radical (unpaired) electrons. The zero-order chi connectivity index (χ0) is 16.5. The highest BCUT2D eigenvalue weighted by Gasteiger charge is 2.43. The molecular formula is C19H26O3. The number of rotatable bonds is 4. The molecule has 0 amide bonds. The number of methoxy groups -OCH3 is 1. The largest absolute Gasteiger partial charge is 0.497 e. The number of hydrogen-bond acceptors (Lipinski definition) is 3. The molecule has 120 valence electrons. The van der Waals surface area contributed by atoms with Gasteiger partial charge in [0.2, 0.25) is 0 Å². The minimum atomic E-state index is -0.592. The average Bonchev–Trinajstić information content (AvgIpc) is 2.37. The molecule has 0 atom stereocenters. The van der Waals surface area contributed by atoms with E-state index in [1.165, 1.54) is 0 Å². The van der Waals surface area contributed by atoms with Crippen molar-refractivity contribution in [3.8, 4) is 5.75 Å². The molecule has 22 heavy (non-hydrogen) atoms. The van der Waals surface area contributed by atoms with E-state index >= 15 is 0 Å². The minimum absolute atomic E-state index is 0.0627. The van der Waals surface area contributed by atoms with Gasteiger partial charge in [-0.05, 0) is 47.9 Å². The summed E-state index contributed by atoms with van der Waals surface area (Å²) < 4.78 is 5.20. The SMILES string of the molecule is COc1ccc(C2C(=O)CC(C)(CC(C)C)CC2=O)c(C)c1. The van der Waals surface area contributed by atoms with Crippen LogP contribution in [0.1, 0.15) is 57.1 Å². The van der Waals surface area contributed by atoms with Gasteiger partial charge < -0.3 is 4.74 Å². The zero-order valence-corrected chi connectivity index (χ0v) is 14.2. The molecule has 0 unspecified atom stereocenters. The lowest BCUT2D eigenvalue weighted by molar-refractivity contribution is -0.136. The molecule has 0 spiro atoms. The van der Waals surface area contributed by atoms with Crippen LogP contribution in [-0.4, -0.2) is 18.7 Å². The molecule has 0 saturated heterocycles. The lowest BCUT2D eigenvalue weighted by Gasteiger charge is -2.37. The molecule has 0 aliphatic heterocycles. The van der Waals surface area contributed by atoms with E-state index in [1.807, 2.05) is 25.1 Å². The zero-order valence-electron chi connectivity index (χ0n) is 14.2. The molecule has 1 aliphatic carbocycles. The Morgan fingerprint density at radius 1 is 1.23 bits per heavy atom. The molecule has 1 aliphatic rings. The predicted molar refractivity (Wildman–Crippen MR) is 87.3 cm³/mol. The second-order valence-corrected chi connectivity index (χ2v) is 7.35. The third-order valence-electron chi connectivity index (χ3n) is 4.53. The first kappa shape index (κ1) is 16.7. The summed E-state index contributed by atoms with van der Waals surface area (Å²) in [5.41, 5.74) is 1.60. The standard InChI is InChI=1S/C19H26O3/c1-12(2)9-19(4)10-16(20)18(17(21)11-19)15-7-6-14(22-5)8-13(15)3/h6-8,12,18H,9-11H2,1-5H3. The van der Waals surface area contributed by atoms with Gasteiger partial charge in [0.25, 0.3) is 0 Å². The maximum absolute atomic E-state index is 12.7. The van der Waals surface area contributed by atoms with Crippen molar-refractivity contribution in [2.24, 2.45) is 11.3 Å². The Balaban J connectivity index is 2.28. The summed E-state index contributed by atoms with van der Waals surface area (Å²) in [4.78, 5) is 25.3. The van der Waals surface area contributed by atoms with Crippen LogP contribution in [0.25, 0.3) is 0 Å². The molecule has 1 aromatic rings. The van der Waals surface area contributed by atoms with E-state index in [1.54, 1.807) is 7.11 Å². The summed E-state index contributed by atoms with van der Waals surface area (Å²) in [5.74, 6) is 0.776. The van der Waals surface area contributed by atoms with Crippen LogP contribution in [0.2, 0.25) is 0 Å². The number of hydrogen-bond donors (Lipinski definition) is 0. The fraction of sp³-hybridized carbons (Fsp3) is 0.579. The quantitative estimate of drug-likeness (QED) is 0.787. The lowest BCUT2D eigenvalue weighted by atomic mass is 9.65. The van der Waals surface area contributed by atoms with Gasteiger partial charge in [-0.15, -0.1) is 0 Å². The van der Waals surface area contributed by atoms with Crippen LogP contribution >= 0.6 is 0 Å². The fourth-order valence-electron chi connectivity index (χ4n) is 3.86. The number of carbonyl (C=O) groups excluding carboxylic acids is 2. The van der Waals surface area contributed by atoms with Gasteiger partial charge in [0.15, 0.2) is 0 Å². The molecule has 0 aromatic heterocycles. The van der Waals surface area contributed by atoms with Gasteiger partial charge in [-0.25, -0.2) is 0 Å². The van der Waals surface area contributed by atoms with Crippen LogP contribution in [0.4, 0.5) is 0 Å². The van der Waals surface area contributed by atoms with Crippen molar-refractivity contribution in [3.63, 3.8) is 0 Å². The molecule has 3 nitrogen and oxygen atoms in total. The first-order valence-electron chi connectivity index (χ1n) is 7.96. The highest BCUT2D eigenvalue weighted by molar-refractivity contribution is 6.10. The van der Waals surface area contributed by atoms with Crippen molar-refractivity contribution in [1.29, 1.82) is 0 Å². The average molecular weight is 302 g/mol. The third-order valence-corrected chi connectivity index (χ3v) is 4.53. The summed E-state index contributed by atoms with van der Waals surface area (Å²) in [7, 11) is 1.61. The topological polar surface area (TPSA) is 43.4 Å². The molecule has 0 N–H and O–H groups in total. The first-order valence-corrected chi connectivity index (χ1v) is 7.96. The molecular weight excluding hydrogens is 276 g/mol.